The highest BCUT2D eigenvalue weighted by molar-refractivity contribution is 5.91. The second-order valence-corrected chi connectivity index (χ2v) is 4.59. The van der Waals surface area contributed by atoms with Gasteiger partial charge in [-0.2, -0.15) is 0 Å². The van der Waals surface area contributed by atoms with Gasteiger partial charge in [-0.15, -0.1) is 0 Å². The molecule has 7 heteroatoms. The van der Waals surface area contributed by atoms with Crippen molar-refractivity contribution < 1.29 is 9.59 Å². The smallest absolute Gasteiger partial charge is 0.245 e. The SMILES string of the molecule is CNC(=O)[C@]1(NC(C)=O)CCC[C@H]1CN=C(N)N. The number of amides is 2. The minimum absolute atomic E-state index is 0.00414. The molecule has 0 aromatic carbocycles. The Morgan fingerprint density at radius 1 is 1.44 bits per heavy atom. The van der Waals surface area contributed by atoms with Gasteiger partial charge in [0.25, 0.3) is 0 Å². The summed E-state index contributed by atoms with van der Waals surface area (Å²) in [6, 6.07) is 0. The van der Waals surface area contributed by atoms with Crippen molar-refractivity contribution in [2.24, 2.45) is 22.4 Å². The Morgan fingerprint density at radius 3 is 2.61 bits per heavy atom. The average molecular weight is 255 g/mol. The standard InChI is InChI=1S/C11H21N5O2/c1-7(17)16-11(9(18)14-2)5-3-4-8(11)6-15-10(12)13/h8H,3-6H2,1-2H3,(H,14,18)(H,16,17)(H4,12,13,15)/t8-,11-/m0/s1. The lowest BCUT2D eigenvalue weighted by Gasteiger charge is -2.33. The lowest BCUT2D eigenvalue weighted by Crippen LogP contribution is -2.60. The summed E-state index contributed by atoms with van der Waals surface area (Å²) in [6.07, 6.45) is 2.28. The molecule has 7 nitrogen and oxygen atoms in total. The van der Waals surface area contributed by atoms with E-state index in [4.69, 9.17) is 11.5 Å². The van der Waals surface area contributed by atoms with Gasteiger partial charge in [0.15, 0.2) is 5.96 Å². The molecule has 1 saturated carbocycles. The summed E-state index contributed by atoms with van der Waals surface area (Å²) in [4.78, 5) is 27.4. The van der Waals surface area contributed by atoms with Gasteiger partial charge in [0.1, 0.15) is 5.54 Å². The summed E-state index contributed by atoms with van der Waals surface area (Å²) in [6.45, 7) is 1.75. The molecule has 1 fully saturated rings. The summed E-state index contributed by atoms with van der Waals surface area (Å²) in [7, 11) is 1.56. The maximum Gasteiger partial charge on any atom is 0.245 e. The van der Waals surface area contributed by atoms with Gasteiger partial charge in [0, 0.05) is 26.4 Å². The van der Waals surface area contributed by atoms with Crippen LogP contribution in [-0.2, 0) is 9.59 Å². The molecule has 0 heterocycles. The summed E-state index contributed by atoms with van der Waals surface area (Å²) >= 11 is 0. The van der Waals surface area contributed by atoms with E-state index in [2.05, 4.69) is 15.6 Å². The molecule has 18 heavy (non-hydrogen) atoms. The molecule has 0 aromatic rings. The van der Waals surface area contributed by atoms with Gasteiger partial charge in [0.05, 0.1) is 0 Å². The molecule has 2 amide bonds. The number of carbonyl (C=O) groups excluding carboxylic acids is 2. The minimum atomic E-state index is -0.889. The number of likely N-dealkylation sites (N-methyl/N-ethyl adjacent to an activating group) is 1. The van der Waals surface area contributed by atoms with E-state index in [9.17, 15) is 9.59 Å². The minimum Gasteiger partial charge on any atom is -0.370 e. The van der Waals surface area contributed by atoms with Crippen molar-refractivity contribution >= 4 is 17.8 Å². The van der Waals surface area contributed by atoms with E-state index in [0.717, 1.165) is 12.8 Å². The van der Waals surface area contributed by atoms with E-state index < -0.39 is 5.54 Å². The molecule has 6 N–H and O–H groups in total. The quantitative estimate of drug-likeness (QED) is 0.367. The lowest BCUT2D eigenvalue weighted by molar-refractivity contribution is -0.134. The number of hydrogen-bond donors (Lipinski definition) is 4. The first-order chi connectivity index (χ1) is 8.42. The average Bonchev–Trinajstić information content (AvgIpc) is 2.68. The van der Waals surface area contributed by atoms with Gasteiger partial charge in [-0.3, -0.25) is 14.6 Å². The van der Waals surface area contributed by atoms with E-state index in [1.165, 1.54) is 6.92 Å². The molecular formula is C11H21N5O2. The monoisotopic (exact) mass is 255 g/mol. The van der Waals surface area contributed by atoms with E-state index in [1.807, 2.05) is 0 Å². The third-order valence-corrected chi connectivity index (χ3v) is 3.35. The fourth-order valence-corrected chi connectivity index (χ4v) is 2.60. The zero-order valence-corrected chi connectivity index (χ0v) is 10.8. The molecule has 0 saturated heterocycles. The predicted octanol–water partition coefficient (Wildman–Crippen LogP) is -1.32. The van der Waals surface area contributed by atoms with Crippen LogP contribution < -0.4 is 22.1 Å². The lowest BCUT2D eigenvalue weighted by atomic mass is 9.85. The van der Waals surface area contributed by atoms with Crippen LogP contribution in [0.3, 0.4) is 0 Å². The Labute approximate surface area is 106 Å². The highest BCUT2D eigenvalue weighted by Crippen LogP contribution is 2.36. The van der Waals surface area contributed by atoms with Crippen LogP contribution in [0.5, 0.6) is 0 Å². The molecule has 0 aliphatic heterocycles. The van der Waals surface area contributed by atoms with Crippen LogP contribution in [0, 0.1) is 5.92 Å². The molecule has 0 radical (unpaired) electrons. The first-order valence-electron chi connectivity index (χ1n) is 5.98. The van der Waals surface area contributed by atoms with E-state index in [0.29, 0.717) is 13.0 Å². The number of rotatable bonds is 4. The number of carbonyl (C=O) groups is 2. The summed E-state index contributed by atoms with van der Waals surface area (Å²) in [5, 5.41) is 5.38. The summed E-state index contributed by atoms with van der Waals surface area (Å²) < 4.78 is 0. The van der Waals surface area contributed by atoms with Crippen LogP contribution in [-0.4, -0.2) is 36.9 Å². The molecule has 1 aliphatic rings. The number of hydrogen-bond acceptors (Lipinski definition) is 3. The number of nitrogens with one attached hydrogen (secondary N) is 2. The van der Waals surface area contributed by atoms with Crippen LogP contribution in [0.1, 0.15) is 26.2 Å². The second kappa shape index (κ2) is 5.70. The normalized spacial score (nSPS) is 26.4. The molecular weight excluding hydrogens is 234 g/mol. The van der Waals surface area contributed by atoms with Gasteiger partial charge >= 0.3 is 0 Å². The van der Waals surface area contributed by atoms with Crippen molar-refractivity contribution in [1.82, 2.24) is 10.6 Å². The fraction of sp³-hybridized carbons (Fsp3) is 0.727. The van der Waals surface area contributed by atoms with Gasteiger partial charge in [-0.25, -0.2) is 0 Å². The maximum absolute atomic E-state index is 12.1. The molecule has 1 rings (SSSR count). The van der Waals surface area contributed by atoms with Crippen molar-refractivity contribution in [3.05, 3.63) is 0 Å². The molecule has 0 bridgehead atoms. The van der Waals surface area contributed by atoms with E-state index in [-0.39, 0.29) is 23.7 Å². The summed E-state index contributed by atoms with van der Waals surface area (Å²) in [5.74, 6) is -0.500. The Bertz CT molecular complexity index is 364. The Kier molecular flexibility index (Phi) is 4.52. The number of nitrogens with two attached hydrogens (primary N) is 2. The molecule has 102 valence electrons. The van der Waals surface area contributed by atoms with Gasteiger partial charge in [-0.1, -0.05) is 6.42 Å². The number of guanidine groups is 1. The molecule has 2 atom stereocenters. The van der Waals surface area contributed by atoms with Gasteiger partial charge < -0.3 is 22.1 Å². The highest BCUT2D eigenvalue weighted by Gasteiger charge is 2.49. The zero-order valence-electron chi connectivity index (χ0n) is 10.8. The maximum atomic E-state index is 12.1. The topological polar surface area (TPSA) is 123 Å². The van der Waals surface area contributed by atoms with Crippen LogP contribution >= 0.6 is 0 Å². The number of aliphatic imine (C=N–C) groups is 1. The van der Waals surface area contributed by atoms with Crippen molar-refractivity contribution in [2.75, 3.05) is 13.6 Å². The highest BCUT2D eigenvalue weighted by atomic mass is 16.2. The molecule has 0 spiro atoms. The second-order valence-electron chi connectivity index (χ2n) is 4.59. The summed E-state index contributed by atoms with van der Waals surface area (Å²) in [5.41, 5.74) is 9.73. The van der Waals surface area contributed by atoms with Crippen molar-refractivity contribution in [1.29, 1.82) is 0 Å². The Morgan fingerprint density at radius 2 is 2.11 bits per heavy atom. The fourth-order valence-electron chi connectivity index (χ4n) is 2.60. The van der Waals surface area contributed by atoms with Crippen LogP contribution in [0.15, 0.2) is 4.99 Å². The van der Waals surface area contributed by atoms with E-state index >= 15 is 0 Å². The van der Waals surface area contributed by atoms with Crippen molar-refractivity contribution in [3.8, 4) is 0 Å². The molecule has 0 unspecified atom stereocenters. The zero-order chi connectivity index (χ0) is 13.8. The largest absolute Gasteiger partial charge is 0.370 e. The van der Waals surface area contributed by atoms with Crippen molar-refractivity contribution in [2.45, 2.75) is 31.7 Å². The first-order valence-corrected chi connectivity index (χ1v) is 5.98. The molecule has 1 aliphatic carbocycles. The van der Waals surface area contributed by atoms with Gasteiger partial charge in [-0.05, 0) is 12.8 Å². The van der Waals surface area contributed by atoms with E-state index in [1.54, 1.807) is 7.05 Å². The Hall–Kier alpha value is -1.79. The number of nitrogens with zero attached hydrogens (tertiary/aromatic N) is 1. The predicted molar refractivity (Wildman–Crippen MR) is 68.6 cm³/mol. The van der Waals surface area contributed by atoms with Crippen LogP contribution in [0.2, 0.25) is 0 Å². The van der Waals surface area contributed by atoms with Crippen molar-refractivity contribution in [3.63, 3.8) is 0 Å². The molecule has 0 aromatic heterocycles. The van der Waals surface area contributed by atoms with Gasteiger partial charge in [0.2, 0.25) is 11.8 Å². The Balaban J connectivity index is 2.95. The third-order valence-electron chi connectivity index (χ3n) is 3.35. The van der Waals surface area contributed by atoms with Crippen LogP contribution in [0.4, 0.5) is 0 Å². The third kappa shape index (κ3) is 2.91. The van der Waals surface area contributed by atoms with Crippen LogP contribution in [0.25, 0.3) is 0 Å². The first kappa shape index (κ1) is 14.3.